The van der Waals surface area contributed by atoms with Crippen LogP contribution in [0.25, 0.3) is 11.5 Å². The number of fused-ring (bicyclic) bond motifs is 1. The van der Waals surface area contributed by atoms with E-state index < -0.39 is 0 Å². The van der Waals surface area contributed by atoms with Gasteiger partial charge in [0.25, 0.3) is 0 Å². The number of rotatable bonds is 9. The summed E-state index contributed by atoms with van der Waals surface area (Å²) < 4.78 is 5.51. The van der Waals surface area contributed by atoms with Crippen molar-refractivity contribution in [2.75, 3.05) is 31.2 Å². The summed E-state index contributed by atoms with van der Waals surface area (Å²) in [7, 11) is 0. The summed E-state index contributed by atoms with van der Waals surface area (Å²) in [6.45, 7) is 9.52. The van der Waals surface area contributed by atoms with Gasteiger partial charge in [0.05, 0.1) is 13.2 Å². The lowest BCUT2D eigenvalue weighted by molar-refractivity contribution is -0.119. The summed E-state index contributed by atoms with van der Waals surface area (Å²) in [5.41, 5.74) is 2.78. The van der Waals surface area contributed by atoms with Gasteiger partial charge < -0.3 is 14.7 Å². The molecule has 2 aromatic rings. The molecule has 7 nitrogen and oxygen atoms in total. The SMILES string of the molecule is CCN(CC(=O)CC(C)(C)C)c1nc(-c2cc(OCCO)ccn2)nc2c1CCC2. The van der Waals surface area contributed by atoms with Crippen LogP contribution >= 0.6 is 0 Å². The molecule has 0 aromatic carbocycles. The van der Waals surface area contributed by atoms with Crippen LogP contribution in [0, 0.1) is 5.41 Å². The van der Waals surface area contributed by atoms with Gasteiger partial charge in [0, 0.05) is 36.5 Å². The van der Waals surface area contributed by atoms with E-state index in [9.17, 15) is 4.79 Å². The van der Waals surface area contributed by atoms with Crippen LogP contribution in [-0.2, 0) is 17.6 Å². The topological polar surface area (TPSA) is 88.4 Å². The van der Waals surface area contributed by atoms with Crippen molar-refractivity contribution in [2.45, 2.75) is 53.4 Å². The monoisotopic (exact) mass is 412 g/mol. The minimum absolute atomic E-state index is 0.0335. The van der Waals surface area contributed by atoms with Gasteiger partial charge in [0.2, 0.25) is 0 Å². The molecule has 0 atom stereocenters. The smallest absolute Gasteiger partial charge is 0.180 e. The zero-order valence-corrected chi connectivity index (χ0v) is 18.4. The van der Waals surface area contributed by atoms with E-state index >= 15 is 0 Å². The summed E-state index contributed by atoms with van der Waals surface area (Å²) in [4.78, 5) is 28.8. The number of carbonyl (C=O) groups excluding carboxylic acids is 1. The number of aliphatic hydroxyl groups is 1. The molecule has 2 aromatic heterocycles. The second-order valence-electron chi connectivity index (χ2n) is 8.89. The number of ether oxygens (including phenoxy) is 1. The molecule has 3 rings (SSSR count). The molecule has 0 spiro atoms. The fourth-order valence-corrected chi connectivity index (χ4v) is 3.77. The summed E-state index contributed by atoms with van der Waals surface area (Å²) >= 11 is 0. The minimum atomic E-state index is -0.0504. The highest BCUT2D eigenvalue weighted by Gasteiger charge is 2.25. The lowest BCUT2D eigenvalue weighted by Crippen LogP contribution is -2.33. The number of nitrogens with zero attached hydrogens (tertiary/aromatic N) is 4. The van der Waals surface area contributed by atoms with Crippen molar-refractivity contribution in [3.63, 3.8) is 0 Å². The Hall–Kier alpha value is -2.54. The second kappa shape index (κ2) is 9.51. The molecule has 0 saturated carbocycles. The molecule has 2 heterocycles. The lowest BCUT2D eigenvalue weighted by Gasteiger charge is -2.26. The summed E-state index contributed by atoms with van der Waals surface area (Å²) in [6.07, 6.45) is 5.08. The quantitative estimate of drug-likeness (QED) is 0.676. The Morgan fingerprint density at radius 3 is 2.77 bits per heavy atom. The van der Waals surface area contributed by atoms with E-state index in [1.807, 2.05) is 0 Å². The Morgan fingerprint density at radius 2 is 2.07 bits per heavy atom. The van der Waals surface area contributed by atoms with Gasteiger partial charge in [-0.1, -0.05) is 20.8 Å². The molecule has 0 saturated heterocycles. The van der Waals surface area contributed by atoms with Crippen LogP contribution in [0.15, 0.2) is 18.3 Å². The van der Waals surface area contributed by atoms with Crippen LogP contribution in [0.1, 0.15) is 51.8 Å². The summed E-state index contributed by atoms with van der Waals surface area (Å²) in [5.74, 6) is 2.23. The van der Waals surface area contributed by atoms with Crippen LogP contribution in [0.4, 0.5) is 5.82 Å². The third kappa shape index (κ3) is 5.53. The molecule has 0 bridgehead atoms. The first kappa shape index (κ1) is 22.2. The highest BCUT2D eigenvalue weighted by molar-refractivity contribution is 5.84. The Bertz CT molecular complexity index is 893. The highest BCUT2D eigenvalue weighted by atomic mass is 16.5. The first-order chi connectivity index (χ1) is 14.3. The zero-order valence-electron chi connectivity index (χ0n) is 18.4. The van der Waals surface area contributed by atoms with Crippen molar-refractivity contribution in [2.24, 2.45) is 5.41 Å². The number of Topliss-reactive ketones (excluding diaryl/α,β-unsaturated/α-hetero) is 1. The minimum Gasteiger partial charge on any atom is -0.491 e. The van der Waals surface area contributed by atoms with Crippen molar-refractivity contribution >= 4 is 11.6 Å². The van der Waals surface area contributed by atoms with Gasteiger partial charge in [0.15, 0.2) is 11.6 Å². The highest BCUT2D eigenvalue weighted by Crippen LogP contribution is 2.32. The maximum atomic E-state index is 12.7. The van der Waals surface area contributed by atoms with Gasteiger partial charge >= 0.3 is 0 Å². The zero-order chi connectivity index (χ0) is 21.7. The first-order valence-electron chi connectivity index (χ1n) is 10.7. The third-order valence-electron chi connectivity index (χ3n) is 5.01. The van der Waals surface area contributed by atoms with Crippen LogP contribution < -0.4 is 9.64 Å². The van der Waals surface area contributed by atoms with Crippen molar-refractivity contribution in [1.82, 2.24) is 15.0 Å². The molecule has 0 radical (unpaired) electrons. The van der Waals surface area contributed by atoms with Gasteiger partial charge in [0.1, 0.15) is 23.9 Å². The normalized spacial score (nSPS) is 13.2. The predicted octanol–water partition coefficient (Wildman–Crippen LogP) is 3.23. The molecule has 0 unspecified atom stereocenters. The Kier molecular flexibility index (Phi) is 7.02. The van der Waals surface area contributed by atoms with Crippen LogP contribution in [0.3, 0.4) is 0 Å². The summed E-state index contributed by atoms with van der Waals surface area (Å²) in [6, 6.07) is 3.54. The molecule has 30 heavy (non-hydrogen) atoms. The number of carbonyl (C=O) groups is 1. The standard InChI is InChI=1S/C23H32N4O3/c1-5-27(15-16(29)14-23(2,3)4)22-18-7-6-8-19(18)25-21(26-22)20-13-17(9-10-24-20)30-12-11-28/h9-10,13,28H,5-8,11-12,14-15H2,1-4H3. The van der Waals surface area contributed by atoms with Crippen LogP contribution in [0.2, 0.25) is 0 Å². The van der Waals surface area contributed by atoms with Gasteiger partial charge in [-0.15, -0.1) is 0 Å². The lowest BCUT2D eigenvalue weighted by atomic mass is 9.90. The van der Waals surface area contributed by atoms with E-state index in [4.69, 9.17) is 19.8 Å². The molecule has 0 aliphatic heterocycles. The van der Waals surface area contributed by atoms with Crippen molar-refractivity contribution in [1.29, 1.82) is 0 Å². The fourth-order valence-electron chi connectivity index (χ4n) is 3.77. The number of hydrogen-bond donors (Lipinski definition) is 1. The van der Waals surface area contributed by atoms with E-state index in [0.29, 0.717) is 36.8 Å². The van der Waals surface area contributed by atoms with Gasteiger partial charge in [-0.25, -0.2) is 9.97 Å². The molecule has 1 aliphatic carbocycles. The maximum Gasteiger partial charge on any atom is 0.180 e. The predicted molar refractivity (Wildman–Crippen MR) is 117 cm³/mol. The van der Waals surface area contributed by atoms with E-state index in [1.165, 1.54) is 0 Å². The Labute approximate surface area is 178 Å². The largest absolute Gasteiger partial charge is 0.491 e. The number of aliphatic hydroxyl groups excluding tert-OH is 1. The fraction of sp³-hybridized carbons (Fsp3) is 0.565. The van der Waals surface area contributed by atoms with Gasteiger partial charge in [-0.05, 0) is 37.7 Å². The van der Waals surface area contributed by atoms with Crippen LogP contribution in [0.5, 0.6) is 5.75 Å². The number of ketones is 1. The van der Waals surface area contributed by atoms with E-state index in [1.54, 1.807) is 18.3 Å². The Balaban J connectivity index is 1.93. The van der Waals surface area contributed by atoms with Crippen LogP contribution in [-0.4, -0.2) is 52.1 Å². The van der Waals surface area contributed by atoms with Crippen molar-refractivity contribution < 1.29 is 14.6 Å². The molecule has 162 valence electrons. The molecule has 1 N–H and O–H groups in total. The van der Waals surface area contributed by atoms with Gasteiger partial charge in [-0.3, -0.25) is 9.78 Å². The summed E-state index contributed by atoms with van der Waals surface area (Å²) in [5, 5.41) is 8.99. The Morgan fingerprint density at radius 1 is 1.27 bits per heavy atom. The average molecular weight is 413 g/mol. The van der Waals surface area contributed by atoms with Gasteiger partial charge in [-0.2, -0.15) is 0 Å². The molecule has 0 fully saturated rings. The number of pyridine rings is 1. The maximum absolute atomic E-state index is 12.7. The van der Waals surface area contributed by atoms with E-state index in [0.717, 1.165) is 36.3 Å². The molecule has 1 aliphatic rings. The third-order valence-corrected chi connectivity index (χ3v) is 5.01. The number of hydrogen-bond acceptors (Lipinski definition) is 7. The van der Waals surface area contributed by atoms with Crippen molar-refractivity contribution in [3.8, 4) is 17.3 Å². The van der Waals surface area contributed by atoms with Crippen molar-refractivity contribution in [3.05, 3.63) is 29.6 Å². The number of aryl methyl sites for hydroxylation is 1. The average Bonchev–Trinajstić information content (AvgIpc) is 3.17. The number of aromatic nitrogens is 3. The second-order valence-corrected chi connectivity index (χ2v) is 8.89. The molecular weight excluding hydrogens is 380 g/mol. The van der Waals surface area contributed by atoms with E-state index in [-0.39, 0.29) is 24.4 Å². The molecular formula is C23H32N4O3. The molecule has 0 amide bonds. The number of likely N-dealkylation sites (N-methyl/N-ethyl adjacent to an activating group) is 1. The first-order valence-corrected chi connectivity index (χ1v) is 10.7. The number of anilines is 1. The van der Waals surface area contributed by atoms with E-state index in [2.05, 4.69) is 37.6 Å². The molecule has 7 heteroatoms.